The second kappa shape index (κ2) is 7.90. The molecule has 0 radical (unpaired) electrons. The van der Waals surface area contributed by atoms with Crippen LogP contribution in [0.25, 0.3) is 10.2 Å². The standard InChI is InChI=1S/C15H20N4O2S.ClH/c1-16-11-3-2-6-18(9-11)13(20)4-7-19-10-17-14-12(15(19)21)5-8-22-14;/h5,8,10-11,16H,2-4,6-7,9H2,1H3;1H. The average molecular weight is 357 g/mol. The topological polar surface area (TPSA) is 67.2 Å². The van der Waals surface area contributed by atoms with Crippen LogP contribution < -0.4 is 10.9 Å². The monoisotopic (exact) mass is 356 g/mol. The van der Waals surface area contributed by atoms with Crippen molar-refractivity contribution < 1.29 is 4.79 Å². The molecule has 126 valence electrons. The zero-order chi connectivity index (χ0) is 15.5. The molecule has 0 aromatic carbocycles. The SMILES string of the molecule is CNC1CCCN(C(=O)CCn2cnc3sccc3c2=O)C1.Cl. The molecule has 0 bridgehead atoms. The number of carbonyl (C=O) groups excluding carboxylic acids is 1. The third-order valence-corrected chi connectivity index (χ3v) is 5.02. The van der Waals surface area contributed by atoms with Gasteiger partial charge in [-0.05, 0) is 31.3 Å². The fraction of sp³-hybridized carbons (Fsp3) is 0.533. The first kappa shape index (κ1) is 17.9. The summed E-state index contributed by atoms with van der Waals surface area (Å²) in [6.45, 7) is 1.96. The molecule has 0 spiro atoms. The molecular formula is C15H21ClN4O2S. The Morgan fingerprint density at radius 1 is 1.52 bits per heavy atom. The van der Waals surface area contributed by atoms with Crippen LogP contribution in [-0.4, -0.2) is 46.5 Å². The molecule has 1 fully saturated rings. The molecule has 1 N–H and O–H groups in total. The summed E-state index contributed by atoms with van der Waals surface area (Å²) < 4.78 is 1.53. The molecule has 0 saturated carbocycles. The molecule has 1 saturated heterocycles. The zero-order valence-corrected chi connectivity index (χ0v) is 14.7. The number of fused-ring (bicyclic) bond motifs is 1. The Morgan fingerprint density at radius 2 is 2.35 bits per heavy atom. The van der Waals surface area contributed by atoms with Gasteiger partial charge >= 0.3 is 0 Å². The number of rotatable bonds is 4. The summed E-state index contributed by atoms with van der Waals surface area (Å²) in [5.74, 6) is 0.109. The number of carbonyl (C=O) groups is 1. The van der Waals surface area contributed by atoms with Gasteiger partial charge in [0.25, 0.3) is 5.56 Å². The number of hydrogen-bond donors (Lipinski definition) is 1. The maximum Gasteiger partial charge on any atom is 0.262 e. The second-order valence-electron chi connectivity index (χ2n) is 5.60. The summed E-state index contributed by atoms with van der Waals surface area (Å²) in [4.78, 5) is 31.5. The van der Waals surface area contributed by atoms with Gasteiger partial charge in [0.2, 0.25) is 5.91 Å². The second-order valence-corrected chi connectivity index (χ2v) is 6.49. The highest BCUT2D eigenvalue weighted by Gasteiger charge is 2.22. The van der Waals surface area contributed by atoms with Crippen molar-refractivity contribution in [3.8, 4) is 0 Å². The predicted molar refractivity (Wildman–Crippen MR) is 94.4 cm³/mol. The van der Waals surface area contributed by atoms with Crippen molar-refractivity contribution in [3.63, 3.8) is 0 Å². The highest BCUT2D eigenvalue weighted by molar-refractivity contribution is 7.16. The third-order valence-electron chi connectivity index (χ3n) is 4.20. The van der Waals surface area contributed by atoms with Crippen molar-refractivity contribution in [3.05, 3.63) is 28.1 Å². The predicted octanol–water partition coefficient (Wildman–Crippen LogP) is 1.48. The van der Waals surface area contributed by atoms with Crippen LogP contribution in [0.5, 0.6) is 0 Å². The van der Waals surface area contributed by atoms with Crippen molar-refractivity contribution in [1.29, 1.82) is 0 Å². The molecule has 1 unspecified atom stereocenters. The number of hydrogen-bond acceptors (Lipinski definition) is 5. The van der Waals surface area contributed by atoms with Crippen LogP contribution in [0.1, 0.15) is 19.3 Å². The first-order valence-corrected chi connectivity index (χ1v) is 8.44. The van der Waals surface area contributed by atoms with Crippen LogP contribution in [0.3, 0.4) is 0 Å². The van der Waals surface area contributed by atoms with E-state index in [1.165, 1.54) is 15.9 Å². The van der Waals surface area contributed by atoms with Crippen molar-refractivity contribution in [1.82, 2.24) is 19.8 Å². The van der Waals surface area contributed by atoms with Gasteiger partial charge in [-0.15, -0.1) is 23.7 Å². The smallest absolute Gasteiger partial charge is 0.262 e. The van der Waals surface area contributed by atoms with E-state index in [4.69, 9.17) is 0 Å². The third kappa shape index (κ3) is 3.91. The highest BCUT2D eigenvalue weighted by Crippen LogP contribution is 2.14. The van der Waals surface area contributed by atoms with E-state index in [1.807, 2.05) is 17.3 Å². The van der Waals surface area contributed by atoms with Gasteiger partial charge in [-0.1, -0.05) is 0 Å². The number of nitrogens with zero attached hydrogens (tertiary/aromatic N) is 3. The highest BCUT2D eigenvalue weighted by atomic mass is 35.5. The Bertz CT molecular complexity index is 730. The minimum absolute atomic E-state index is 0. The number of thiophene rings is 1. The molecule has 1 atom stereocenters. The van der Waals surface area contributed by atoms with Gasteiger partial charge in [0, 0.05) is 32.1 Å². The molecule has 1 aliphatic heterocycles. The van der Waals surface area contributed by atoms with Crippen LogP contribution in [0.4, 0.5) is 0 Å². The first-order valence-electron chi connectivity index (χ1n) is 7.56. The molecule has 2 aromatic heterocycles. The summed E-state index contributed by atoms with van der Waals surface area (Å²) in [6.07, 6.45) is 4.02. The summed E-state index contributed by atoms with van der Waals surface area (Å²) >= 11 is 1.45. The fourth-order valence-electron chi connectivity index (χ4n) is 2.87. The van der Waals surface area contributed by atoms with Gasteiger partial charge in [-0.2, -0.15) is 0 Å². The molecule has 3 rings (SSSR count). The van der Waals surface area contributed by atoms with Crippen molar-refractivity contribution in [2.24, 2.45) is 0 Å². The van der Waals surface area contributed by atoms with Gasteiger partial charge < -0.3 is 10.2 Å². The Balaban J connectivity index is 0.00000192. The van der Waals surface area contributed by atoms with E-state index in [0.717, 1.165) is 30.8 Å². The van der Waals surface area contributed by atoms with Gasteiger partial charge in [-0.25, -0.2) is 4.98 Å². The van der Waals surface area contributed by atoms with Crippen molar-refractivity contribution >= 4 is 39.9 Å². The number of aryl methyl sites for hydroxylation is 1. The van der Waals surface area contributed by atoms with Gasteiger partial charge in [0.1, 0.15) is 4.83 Å². The number of amides is 1. The van der Waals surface area contributed by atoms with Crippen molar-refractivity contribution in [2.45, 2.75) is 31.8 Å². The van der Waals surface area contributed by atoms with Crippen LogP contribution in [0, 0.1) is 0 Å². The largest absolute Gasteiger partial charge is 0.341 e. The van der Waals surface area contributed by atoms with Crippen molar-refractivity contribution in [2.75, 3.05) is 20.1 Å². The molecule has 2 aromatic rings. The molecule has 0 aliphatic carbocycles. The molecule has 1 aliphatic rings. The van der Waals surface area contributed by atoms with E-state index in [0.29, 0.717) is 24.4 Å². The lowest BCUT2D eigenvalue weighted by Gasteiger charge is -2.32. The molecule has 23 heavy (non-hydrogen) atoms. The number of piperidine rings is 1. The zero-order valence-electron chi connectivity index (χ0n) is 13.0. The molecule has 8 heteroatoms. The van der Waals surface area contributed by atoms with Crippen LogP contribution in [0.2, 0.25) is 0 Å². The van der Waals surface area contributed by atoms with Crippen LogP contribution in [0.15, 0.2) is 22.6 Å². The number of likely N-dealkylation sites (N-methyl/N-ethyl adjacent to an activating group) is 1. The lowest BCUT2D eigenvalue weighted by Crippen LogP contribution is -2.47. The quantitative estimate of drug-likeness (QED) is 0.901. The molecule has 1 amide bonds. The lowest BCUT2D eigenvalue weighted by molar-refractivity contribution is -0.132. The summed E-state index contributed by atoms with van der Waals surface area (Å²) in [7, 11) is 1.93. The number of aromatic nitrogens is 2. The minimum atomic E-state index is -0.0641. The van der Waals surface area contributed by atoms with Crippen LogP contribution in [-0.2, 0) is 11.3 Å². The maximum atomic E-state index is 12.3. The number of likely N-dealkylation sites (tertiary alicyclic amines) is 1. The van der Waals surface area contributed by atoms with Gasteiger partial charge in [-0.3, -0.25) is 14.2 Å². The van der Waals surface area contributed by atoms with Gasteiger partial charge in [0.15, 0.2) is 0 Å². The minimum Gasteiger partial charge on any atom is -0.341 e. The maximum absolute atomic E-state index is 12.3. The Hall–Kier alpha value is -1.44. The fourth-order valence-corrected chi connectivity index (χ4v) is 3.59. The average Bonchev–Trinajstić information content (AvgIpc) is 3.03. The van der Waals surface area contributed by atoms with E-state index in [2.05, 4.69) is 10.3 Å². The lowest BCUT2D eigenvalue weighted by atomic mass is 10.1. The summed E-state index contributed by atoms with van der Waals surface area (Å²) in [5, 5.41) is 5.72. The normalized spacial score (nSPS) is 18.0. The van der Waals surface area contributed by atoms with Gasteiger partial charge in [0.05, 0.1) is 11.7 Å². The Morgan fingerprint density at radius 3 is 3.13 bits per heavy atom. The number of nitrogens with one attached hydrogen (secondary N) is 1. The summed E-state index contributed by atoms with van der Waals surface area (Å²) in [6, 6.07) is 2.17. The molecule has 3 heterocycles. The van der Waals surface area contributed by atoms with E-state index < -0.39 is 0 Å². The molecular weight excluding hydrogens is 336 g/mol. The van der Waals surface area contributed by atoms with E-state index in [-0.39, 0.29) is 23.9 Å². The Labute approximate surface area is 144 Å². The Kier molecular flexibility index (Phi) is 6.15. The number of halogens is 1. The van der Waals surface area contributed by atoms with E-state index in [9.17, 15) is 9.59 Å². The first-order chi connectivity index (χ1) is 10.7. The summed E-state index contributed by atoms with van der Waals surface area (Å²) in [5.41, 5.74) is -0.0641. The van der Waals surface area contributed by atoms with Crippen LogP contribution >= 0.6 is 23.7 Å². The van der Waals surface area contributed by atoms with E-state index >= 15 is 0 Å². The van der Waals surface area contributed by atoms with E-state index in [1.54, 1.807) is 12.4 Å². The molecule has 6 nitrogen and oxygen atoms in total.